The molecular weight excluding hydrogens is 482 g/mol. The van der Waals surface area contributed by atoms with Gasteiger partial charge in [0, 0.05) is 24.2 Å². The van der Waals surface area contributed by atoms with Gasteiger partial charge in [-0.25, -0.2) is 0 Å². The fourth-order valence-corrected chi connectivity index (χ4v) is 6.92. The Kier molecular flexibility index (Phi) is 8.27. The first kappa shape index (κ1) is 25.9. The maximum Gasteiger partial charge on any atom is 0.150 e. The normalized spacial score (nSPS) is 23.4. The van der Waals surface area contributed by atoms with Crippen LogP contribution in [0.5, 0.6) is 0 Å². The van der Waals surface area contributed by atoms with Crippen molar-refractivity contribution in [3.8, 4) is 6.07 Å². The Morgan fingerprint density at radius 2 is 1.78 bits per heavy atom. The average Bonchev–Trinajstić information content (AvgIpc) is 3.61. The molecule has 3 aliphatic carbocycles. The van der Waals surface area contributed by atoms with Crippen molar-refractivity contribution in [2.24, 2.45) is 16.9 Å². The molecule has 6 rings (SSSR count). The number of aryl methyl sites for hydroxylation is 1. The quantitative estimate of drug-likeness (QED) is 0.398. The Morgan fingerprint density at radius 1 is 1.03 bits per heavy atom. The second-order valence-electron chi connectivity index (χ2n) is 10.8. The van der Waals surface area contributed by atoms with E-state index in [1.807, 2.05) is 31.4 Å². The average molecular weight is 518 g/mol. The highest BCUT2D eigenvalue weighted by atomic mass is 35.5. The lowest BCUT2D eigenvalue weighted by Crippen LogP contribution is -2.40. The summed E-state index contributed by atoms with van der Waals surface area (Å²) in [6, 6.07) is 14.1. The number of halogens is 1. The van der Waals surface area contributed by atoms with Crippen LogP contribution in [0.3, 0.4) is 0 Å². The largest absolute Gasteiger partial charge is 0.381 e. The Labute approximate surface area is 225 Å². The van der Waals surface area contributed by atoms with Crippen LogP contribution in [0.25, 0.3) is 0 Å². The molecule has 6 heteroatoms. The number of nitriles is 1. The van der Waals surface area contributed by atoms with E-state index in [0.717, 1.165) is 36.1 Å². The molecule has 194 valence electrons. The van der Waals surface area contributed by atoms with Crippen molar-refractivity contribution in [2.75, 3.05) is 12.1 Å². The predicted molar refractivity (Wildman–Crippen MR) is 148 cm³/mol. The molecule has 5 nitrogen and oxygen atoms in total. The molecule has 0 spiro atoms. The van der Waals surface area contributed by atoms with Gasteiger partial charge in [0.05, 0.1) is 34.1 Å². The number of rotatable bonds is 4. The zero-order chi connectivity index (χ0) is 25.8. The number of anilines is 1. The van der Waals surface area contributed by atoms with E-state index in [1.54, 1.807) is 6.07 Å². The summed E-state index contributed by atoms with van der Waals surface area (Å²) in [6.07, 6.45) is 15.3. The summed E-state index contributed by atoms with van der Waals surface area (Å²) >= 11 is 6.35. The van der Waals surface area contributed by atoms with Crippen molar-refractivity contribution < 1.29 is 9.53 Å². The van der Waals surface area contributed by atoms with Gasteiger partial charge in [-0.15, -0.1) is 0 Å². The number of hydrogen-bond donors (Lipinski definition) is 0. The number of methoxy groups -OCH3 is 1. The molecule has 4 aliphatic rings. The van der Waals surface area contributed by atoms with Gasteiger partial charge in [0.25, 0.3) is 0 Å². The number of benzene rings is 2. The Balaban J connectivity index is 0.000000301. The van der Waals surface area contributed by atoms with Crippen LogP contribution < -0.4 is 5.01 Å². The summed E-state index contributed by atoms with van der Waals surface area (Å²) in [5.74, 6) is 1.01. The molecule has 0 N–H and O–H groups in total. The van der Waals surface area contributed by atoms with Crippen LogP contribution in [-0.4, -0.2) is 31.3 Å². The number of ether oxygens (including phenoxy) is 1. The van der Waals surface area contributed by atoms with Gasteiger partial charge in [-0.3, -0.25) is 9.80 Å². The highest BCUT2D eigenvalue weighted by Crippen LogP contribution is 2.45. The summed E-state index contributed by atoms with van der Waals surface area (Å²) in [5, 5.41) is 17.0. The number of carbonyl (C=O) groups excluding carboxylic acids is 1. The van der Waals surface area contributed by atoms with Gasteiger partial charge in [-0.1, -0.05) is 55.8 Å². The molecule has 2 aromatic rings. The number of aldehydes is 1. The number of carbonyl (C=O) groups is 1. The highest BCUT2D eigenvalue weighted by Gasteiger charge is 2.45. The maximum atomic E-state index is 11.2. The van der Waals surface area contributed by atoms with Crippen molar-refractivity contribution in [1.82, 2.24) is 0 Å². The molecule has 2 fully saturated rings. The van der Waals surface area contributed by atoms with Crippen molar-refractivity contribution in [2.45, 2.75) is 82.8 Å². The summed E-state index contributed by atoms with van der Waals surface area (Å²) in [5.41, 5.74) is 5.71. The van der Waals surface area contributed by atoms with E-state index < -0.39 is 0 Å². The van der Waals surface area contributed by atoms with E-state index >= 15 is 0 Å². The third kappa shape index (κ3) is 5.47. The topological polar surface area (TPSA) is 65.7 Å². The van der Waals surface area contributed by atoms with E-state index in [4.69, 9.17) is 21.4 Å². The van der Waals surface area contributed by atoms with Crippen LogP contribution in [0.2, 0.25) is 5.02 Å². The van der Waals surface area contributed by atoms with Crippen LogP contribution in [0.4, 0.5) is 5.69 Å². The number of fused-ring (bicyclic) bond motifs is 3. The summed E-state index contributed by atoms with van der Waals surface area (Å²) in [4.78, 5) is 11.2. The minimum Gasteiger partial charge on any atom is -0.381 e. The lowest BCUT2D eigenvalue weighted by atomic mass is 9.75. The van der Waals surface area contributed by atoms with E-state index in [-0.39, 0.29) is 0 Å². The standard InChI is InChI=1S/C24H22ClN3O.C7H14O/c25-22-12-19(8-6-18(22)13-26)28-24(16-3-1-2-4-16)21-10-7-17-11-15(14-29)5-9-20(17)23(21)27-28;1-8-7-5-3-2-4-6-7/h5-6,8-9,11-12,14,16,21,24H,1-4,7,10H2;7H,2-6H2,1H3. The Bertz CT molecular complexity index is 1190. The minimum atomic E-state index is 0.329. The molecule has 0 saturated heterocycles. The molecule has 2 unspecified atom stereocenters. The Morgan fingerprint density at radius 3 is 2.43 bits per heavy atom. The summed E-state index contributed by atoms with van der Waals surface area (Å²) < 4.78 is 5.19. The zero-order valence-corrected chi connectivity index (χ0v) is 22.4. The fourth-order valence-electron chi connectivity index (χ4n) is 6.70. The molecule has 2 saturated carbocycles. The molecule has 2 aromatic carbocycles. The zero-order valence-electron chi connectivity index (χ0n) is 21.7. The van der Waals surface area contributed by atoms with Crippen molar-refractivity contribution in [3.63, 3.8) is 0 Å². The second kappa shape index (κ2) is 11.8. The molecule has 0 amide bonds. The molecule has 1 aliphatic heterocycles. The summed E-state index contributed by atoms with van der Waals surface area (Å²) in [6.45, 7) is 0. The lowest BCUT2D eigenvalue weighted by Gasteiger charge is -2.34. The first-order valence-electron chi connectivity index (χ1n) is 13.8. The minimum absolute atomic E-state index is 0.329. The maximum absolute atomic E-state index is 11.2. The van der Waals surface area contributed by atoms with E-state index in [0.29, 0.717) is 34.6 Å². The van der Waals surface area contributed by atoms with Crippen molar-refractivity contribution in [1.29, 1.82) is 5.26 Å². The second-order valence-corrected chi connectivity index (χ2v) is 11.2. The molecule has 0 aromatic heterocycles. The molecular formula is C31H36ClN3O2. The number of nitrogens with zero attached hydrogens (tertiary/aromatic N) is 3. The molecule has 0 bridgehead atoms. The third-order valence-corrected chi connectivity index (χ3v) is 8.95. The monoisotopic (exact) mass is 517 g/mol. The Hall–Kier alpha value is -2.68. The van der Waals surface area contributed by atoms with E-state index in [1.165, 1.54) is 68.9 Å². The predicted octanol–water partition coefficient (Wildman–Crippen LogP) is 7.34. The van der Waals surface area contributed by atoms with Gasteiger partial charge >= 0.3 is 0 Å². The SMILES string of the molecule is COC1CCCCC1.N#Cc1ccc(N2N=C3c4ccc(C=O)cc4CCC3C2C2CCCC2)cc1Cl. The van der Waals surface area contributed by atoms with Gasteiger partial charge in [0.2, 0.25) is 0 Å². The lowest BCUT2D eigenvalue weighted by molar-refractivity contribution is 0.0710. The first-order chi connectivity index (χ1) is 18.1. The van der Waals surface area contributed by atoms with Crippen LogP contribution in [0.1, 0.15) is 91.3 Å². The third-order valence-electron chi connectivity index (χ3n) is 8.63. The van der Waals surface area contributed by atoms with E-state index in [9.17, 15) is 10.1 Å². The van der Waals surface area contributed by atoms with Crippen LogP contribution in [-0.2, 0) is 11.2 Å². The van der Waals surface area contributed by atoms with Gasteiger partial charge in [-0.05, 0) is 74.3 Å². The smallest absolute Gasteiger partial charge is 0.150 e. The van der Waals surface area contributed by atoms with Crippen LogP contribution in [0.15, 0.2) is 41.5 Å². The van der Waals surface area contributed by atoms with Gasteiger partial charge in [0.1, 0.15) is 12.4 Å². The highest BCUT2D eigenvalue weighted by molar-refractivity contribution is 6.32. The summed E-state index contributed by atoms with van der Waals surface area (Å²) in [7, 11) is 1.82. The number of hydrazone groups is 1. The van der Waals surface area contributed by atoms with Crippen molar-refractivity contribution in [3.05, 3.63) is 63.7 Å². The van der Waals surface area contributed by atoms with Crippen LogP contribution in [0, 0.1) is 23.2 Å². The van der Waals surface area contributed by atoms with Crippen molar-refractivity contribution >= 4 is 29.3 Å². The van der Waals surface area contributed by atoms with E-state index in [2.05, 4.69) is 17.1 Å². The fraction of sp³-hybridized carbons (Fsp3) is 0.516. The first-order valence-corrected chi connectivity index (χ1v) is 14.2. The van der Waals surface area contributed by atoms with Crippen LogP contribution >= 0.6 is 11.6 Å². The molecule has 37 heavy (non-hydrogen) atoms. The van der Waals surface area contributed by atoms with Gasteiger partial charge in [-0.2, -0.15) is 10.4 Å². The van der Waals surface area contributed by atoms with Gasteiger partial charge in [0.15, 0.2) is 0 Å². The number of hydrogen-bond acceptors (Lipinski definition) is 5. The molecule has 0 radical (unpaired) electrons. The molecule has 2 atom stereocenters. The van der Waals surface area contributed by atoms with Gasteiger partial charge < -0.3 is 4.74 Å². The molecule has 1 heterocycles.